The minimum atomic E-state index is -0.267. The SMILES string of the molecule is CC(C)(C)CC[C@@]1(N)CCCC(C)(C)[C@@]1(N)CCC(C)(C)C. The van der Waals surface area contributed by atoms with Crippen molar-refractivity contribution in [2.75, 3.05) is 0 Å². The summed E-state index contributed by atoms with van der Waals surface area (Å²) < 4.78 is 0. The van der Waals surface area contributed by atoms with Crippen LogP contribution < -0.4 is 11.5 Å². The molecule has 0 spiro atoms. The predicted octanol–water partition coefficient (Wildman–Crippen LogP) is 5.24. The molecule has 0 amide bonds. The topological polar surface area (TPSA) is 52.0 Å². The maximum atomic E-state index is 7.13. The van der Waals surface area contributed by atoms with Crippen LogP contribution in [0.5, 0.6) is 0 Å². The van der Waals surface area contributed by atoms with Crippen LogP contribution in [0.15, 0.2) is 0 Å². The van der Waals surface area contributed by atoms with Gasteiger partial charge in [0.05, 0.1) is 0 Å². The van der Waals surface area contributed by atoms with Crippen LogP contribution in [0.1, 0.15) is 100 Å². The molecular formula is C20H42N2. The quantitative estimate of drug-likeness (QED) is 0.745. The molecule has 0 bridgehead atoms. The van der Waals surface area contributed by atoms with E-state index in [2.05, 4.69) is 55.4 Å². The molecular weight excluding hydrogens is 268 g/mol. The van der Waals surface area contributed by atoms with Crippen molar-refractivity contribution in [3.8, 4) is 0 Å². The predicted molar refractivity (Wildman–Crippen MR) is 98.8 cm³/mol. The highest BCUT2D eigenvalue weighted by Gasteiger charge is 2.56. The molecule has 0 radical (unpaired) electrons. The Hall–Kier alpha value is -0.0800. The fourth-order valence-electron chi connectivity index (χ4n) is 4.07. The first kappa shape index (κ1) is 20.0. The molecule has 0 aromatic rings. The van der Waals surface area contributed by atoms with Crippen LogP contribution in [0.25, 0.3) is 0 Å². The number of hydrogen-bond acceptors (Lipinski definition) is 2. The van der Waals surface area contributed by atoms with Gasteiger partial charge in [-0.2, -0.15) is 0 Å². The Labute approximate surface area is 139 Å². The van der Waals surface area contributed by atoms with Gasteiger partial charge in [-0.05, 0) is 54.8 Å². The molecule has 1 fully saturated rings. The maximum Gasteiger partial charge on any atom is 0.0388 e. The summed E-state index contributed by atoms with van der Waals surface area (Å²) in [6.07, 6.45) is 7.84. The van der Waals surface area contributed by atoms with E-state index in [1.807, 2.05) is 0 Å². The lowest BCUT2D eigenvalue weighted by Gasteiger charge is -2.59. The van der Waals surface area contributed by atoms with Gasteiger partial charge in [-0.1, -0.05) is 61.8 Å². The van der Waals surface area contributed by atoms with Crippen molar-refractivity contribution >= 4 is 0 Å². The molecule has 1 aliphatic carbocycles. The average Bonchev–Trinajstić information content (AvgIpc) is 2.29. The van der Waals surface area contributed by atoms with Crippen LogP contribution in [0.2, 0.25) is 0 Å². The number of rotatable bonds is 4. The Kier molecular flexibility index (Phi) is 5.53. The number of nitrogens with two attached hydrogens (primary N) is 2. The second-order valence-corrected chi connectivity index (χ2v) is 11.0. The first-order chi connectivity index (χ1) is 9.62. The van der Waals surface area contributed by atoms with Gasteiger partial charge in [0.2, 0.25) is 0 Å². The van der Waals surface area contributed by atoms with E-state index in [1.54, 1.807) is 0 Å². The monoisotopic (exact) mass is 310 g/mol. The fourth-order valence-corrected chi connectivity index (χ4v) is 4.07. The van der Waals surface area contributed by atoms with Crippen molar-refractivity contribution in [1.82, 2.24) is 0 Å². The van der Waals surface area contributed by atoms with Crippen LogP contribution in [0.4, 0.5) is 0 Å². The Bertz CT molecular complexity index is 372. The van der Waals surface area contributed by atoms with Crippen molar-refractivity contribution in [2.24, 2.45) is 27.7 Å². The van der Waals surface area contributed by atoms with Crippen LogP contribution >= 0.6 is 0 Å². The summed E-state index contributed by atoms with van der Waals surface area (Å²) >= 11 is 0. The maximum absolute atomic E-state index is 7.13. The molecule has 4 N–H and O–H groups in total. The zero-order valence-electron chi connectivity index (χ0n) is 16.6. The van der Waals surface area contributed by atoms with E-state index in [1.165, 1.54) is 12.8 Å². The van der Waals surface area contributed by atoms with Gasteiger partial charge < -0.3 is 11.5 Å². The van der Waals surface area contributed by atoms with Crippen LogP contribution in [0.3, 0.4) is 0 Å². The third-order valence-electron chi connectivity index (χ3n) is 6.11. The van der Waals surface area contributed by atoms with E-state index in [4.69, 9.17) is 11.5 Å². The lowest BCUT2D eigenvalue weighted by molar-refractivity contribution is -0.00604. The minimum Gasteiger partial charge on any atom is -0.324 e. The summed E-state index contributed by atoms with van der Waals surface area (Å²) in [5, 5.41) is 0. The molecule has 1 rings (SSSR count). The van der Waals surface area contributed by atoms with Gasteiger partial charge in [0.15, 0.2) is 0 Å². The fraction of sp³-hybridized carbons (Fsp3) is 1.00. The van der Waals surface area contributed by atoms with Gasteiger partial charge in [0, 0.05) is 11.1 Å². The summed E-state index contributed by atoms with van der Waals surface area (Å²) in [6.45, 7) is 18.5. The lowest BCUT2D eigenvalue weighted by Crippen LogP contribution is -2.74. The summed E-state index contributed by atoms with van der Waals surface area (Å²) in [7, 11) is 0. The Morgan fingerprint density at radius 2 is 1.23 bits per heavy atom. The van der Waals surface area contributed by atoms with Crippen LogP contribution in [0, 0.1) is 16.2 Å². The molecule has 0 saturated heterocycles. The van der Waals surface area contributed by atoms with Crippen LogP contribution in [-0.4, -0.2) is 11.1 Å². The van der Waals surface area contributed by atoms with Gasteiger partial charge >= 0.3 is 0 Å². The first-order valence-electron chi connectivity index (χ1n) is 9.20. The third kappa shape index (κ3) is 4.47. The normalized spacial score (nSPS) is 33.0. The molecule has 0 aliphatic heterocycles. The van der Waals surface area contributed by atoms with E-state index in [0.29, 0.717) is 10.8 Å². The molecule has 0 aromatic carbocycles. The Balaban J connectivity index is 3.05. The van der Waals surface area contributed by atoms with E-state index in [0.717, 1.165) is 32.1 Å². The second kappa shape index (κ2) is 6.09. The molecule has 0 aromatic heterocycles. The first-order valence-corrected chi connectivity index (χ1v) is 9.20. The van der Waals surface area contributed by atoms with E-state index in [-0.39, 0.29) is 16.5 Å². The van der Waals surface area contributed by atoms with Gasteiger partial charge in [-0.3, -0.25) is 0 Å². The lowest BCUT2D eigenvalue weighted by atomic mass is 9.51. The number of hydrogen-bond donors (Lipinski definition) is 2. The summed E-state index contributed by atoms with van der Waals surface area (Å²) in [4.78, 5) is 0. The highest BCUT2D eigenvalue weighted by Crippen LogP contribution is 2.52. The molecule has 1 saturated carbocycles. The van der Waals surface area contributed by atoms with E-state index in [9.17, 15) is 0 Å². The molecule has 2 atom stereocenters. The van der Waals surface area contributed by atoms with Gasteiger partial charge in [-0.25, -0.2) is 0 Å². The van der Waals surface area contributed by atoms with E-state index < -0.39 is 0 Å². The van der Waals surface area contributed by atoms with Crippen molar-refractivity contribution in [3.05, 3.63) is 0 Å². The van der Waals surface area contributed by atoms with Gasteiger partial charge in [0.25, 0.3) is 0 Å². The zero-order valence-corrected chi connectivity index (χ0v) is 16.6. The smallest absolute Gasteiger partial charge is 0.0388 e. The average molecular weight is 311 g/mol. The largest absolute Gasteiger partial charge is 0.324 e. The van der Waals surface area contributed by atoms with Crippen molar-refractivity contribution in [3.63, 3.8) is 0 Å². The van der Waals surface area contributed by atoms with Crippen molar-refractivity contribution in [2.45, 2.75) is 111 Å². The highest BCUT2D eigenvalue weighted by atomic mass is 15.0. The zero-order chi connectivity index (χ0) is 17.4. The second-order valence-electron chi connectivity index (χ2n) is 11.0. The molecule has 132 valence electrons. The van der Waals surface area contributed by atoms with Gasteiger partial charge in [0.1, 0.15) is 0 Å². The van der Waals surface area contributed by atoms with Crippen molar-refractivity contribution < 1.29 is 0 Å². The minimum absolute atomic E-state index is 0.114. The molecule has 22 heavy (non-hydrogen) atoms. The molecule has 2 heteroatoms. The molecule has 2 nitrogen and oxygen atoms in total. The van der Waals surface area contributed by atoms with Crippen LogP contribution in [-0.2, 0) is 0 Å². The molecule has 0 unspecified atom stereocenters. The standard InChI is InChI=1S/C20H42N2/c1-16(2,3)12-14-19(21)11-9-10-18(7,8)20(19,22)15-13-17(4,5)6/h9-15,21-22H2,1-8H3/t19-,20-/m0/s1. The summed E-state index contributed by atoms with van der Waals surface area (Å²) in [5.41, 5.74) is 14.4. The molecule has 0 heterocycles. The van der Waals surface area contributed by atoms with Crippen molar-refractivity contribution in [1.29, 1.82) is 0 Å². The Morgan fingerprint density at radius 1 is 0.773 bits per heavy atom. The van der Waals surface area contributed by atoms with Gasteiger partial charge in [-0.15, -0.1) is 0 Å². The molecule has 1 aliphatic rings. The highest BCUT2D eigenvalue weighted by molar-refractivity contribution is 5.16. The van der Waals surface area contributed by atoms with E-state index >= 15 is 0 Å². The third-order valence-corrected chi connectivity index (χ3v) is 6.11. The summed E-state index contributed by atoms with van der Waals surface area (Å²) in [6, 6.07) is 0. The summed E-state index contributed by atoms with van der Waals surface area (Å²) in [5.74, 6) is 0. The Morgan fingerprint density at radius 3 is 1.68 bits per heavy atom.